The third-order valence-electron chi connectivity index (χ3n) is 1.93. The Balaban J connectivity index is 2.13. The normalized spacial score (nSPS) is 11.5. The van der Waals surface area contributed by atoms with E-state index in [2.05, 4.69) is 10.3 Å². The van der Waals surface area contributed by atoms with Crippen LogP contribution in [0.3, 0.4) is 0 Å². The van der Waals surface area contributed by atoms with Crippen LogP contribution < -0.4 is 5.32 Å². The van der Waals surface area contributed by atoms with E-state index in [1.165, 1.54) is 6.26 Å². The minimum atomic E-state index is -2.85. The van der Waals surface area contributed by atoms with Crippen LogP contribution in [-0.4, -0.2) is 38.5 Å². The Morgan fingerprint density at radius 3 is 2.73 bits per heavy atom. The van der Waals surface area contributed by atoms with E-state index in [0.717, 1.165) is 18.7 Å². The summed E-state index contributed by atoms with van der Waals surface area (Å²) in [4.78, 5) is 4.17. The summed E-state index contributed by atoms with van der Waals surface area (Å²) in [6, 6.07) is 5.78. The number of nitrogens with one attached hydrogen (secondary N) is 1. The predicted molar refractivity (Wildman–Crippen MR) is 60.5 cm³/mol. The fourth-order valence-corrected chi connectivity index (χ4v) is 1.66. The van der Waals surface area contributed by atoms with Crippen molar-refractivity contribution >= 4 is 9.84 Å². The molecule has 0 aliphatic heterocycles. The molecular formula is C10H16N2O2S. The summed E-state index contributed by atoms with van der Waals surface area (Å²) in [7, 11) is -2.85. The molecule has 15 heavy (non-hydrogen) atoms. The molecule has 0 amide bonds. The lowest BCUT2D eigenvalue weighted by Gasteiger charge is -2.03. The summed E-state index contributed by atoms with van der Waals surface area (Å²) in [5.41, 5.74) is 1.02. The summed E-state index contributed by atoms with van der Waals surface area (Å²) >= 11 is 0. The summed E-state index contributed by atoms with van der Waals surface area (Å²) < 4.78 is 21.6. The quantitative estimate of drug-likeness (QED) is 0.709. The Hall–Kier alpha value is -0.940. The van der Waals surface area contributed by atoms with Crippen molar-refractivity contribution in [3.8, 4) is 0 Å². The first-order valence-corrected chi connectivity index (χ1v) is 6.92. The average Bonchev–Trinajstić information content (AvgIpc) is 2.17. The zero-order valence-corrected chi connectivity index (χ0v) is 9.63. The molecule has 0 atom stereocenters. The van der Waals surface area contributed by atoms with Gasteiger partial charge >= 0.3 is 0 Å². The fourth-order valence-electron chi connectivity index (χ4n) is 1.15. The smallest absolute Gasteiger partial charge is 0.148 e. The molecule has 5 heteroatoms. The first-order chi connectivity index (χ1) is 7.08. The third-order valence-corrected chi connectivity index (χ3v) is 2.88. The van der Waals surface area contributed by atoms with Gasteiger partial charge in [-0.05, 0) is 12.1 Å². The highest BCUT2D eigenvalue weighted by atomic mass is 32.2. The van der Waals surface area contributed by atoms with Gasteiger partial charge in [-0.1, -0.05) is 6.07 Å². The molecule has 0 saturated heterocycles. The monoisotopic (exact) mass is 228 g/mol. The zero-order valence-electron chi connectivity index (χ0n) is 8.81. The molecule has 0 aliphatic carbocycles. The van der Waals surface area contributed by atoms with Gasteiger partial charge in [-0.2, -0.15) is 0 Å². The largest absolute Gasteiger partial charge is 0.315 e. The van der Waals surface area contributed by atoms with Gasteiger partial charge in [0, 0.05) is 37.7 Å². The second-order valence-electron chi connectivity index (χ2n) is 3.45. The van der Waals surface area contributed by atoms with Crippen LogP contribution in [0, 0.1) is 0 Å². The van der Waals surface area contributed by atoms with Gasteiger partial charge in [0.15, 0.2) is 0 Å². The average molecular weight is 228 g/mol. The fraction of sp³-hybridized carbons (Fsp3) is 0.500. The Morgan fingerprint density at radius 1 is 1.33 bits per heavy atom. The van der Waals surface area contributed by atoms with E-state index >= 15 is 0 Å². The SMILES string of the molecule is CS(=O)(=O)CCNCCc1ccccn1. The molecule has 0 saturated carbocycles. The van der Waals surface area contributed by atoms with E-state index in [-0.39, 0.29) is 5.75 Å². The van der Waals surface area contributed by atoms with Gasteiger partial charge in [0.05, 0.1) is 5.75 Å². The number of rotatable bonds is 6. The zero-order chi connectivity index (χ0) is 11.1. The lowest BCUT2D eigenvalue weighted by Crippen LogP contribution is -2.24. The van der Waals surface area contributed by atoms with E-state index < -0.39 is 9.84 Å². The molecule has 0 spiro atoms. The maximum absolute atomic E-state index is 10.8. The molecule has 1 aromatic heterocycles. The van der Waals surface area contributed by atoms with Crippen molar-refractivity contribution in [2.75, 3.05) is 25.1 Å². The van der Waals surface area contributed by atoms with E-state index in [9.17, 15) is 8.42 Å². The molecule has 0 aromatic carbocycles. The molecular weight excluding hydrogens is 212 g/mol. The summed E-state index contributed by atoms with van der Waals surface area (Å²) in [6.07, 6.45) is 3.82. The van der Waals surface area contributed by atoms with E-state index in [1.54, 1.807) is 6.20 Å². The van der Waals surface area contributed by atoms with Crippen molar-refractivity contribution in [3.05, 3.63) is 30.1 Å². The molecule has 84 valence electrons. The van der Waals surface area contributed by atoms with Crippen molar-refractivity contribution in [1.82, 2.24) is 10.3 Å². The van der Waals surface area contributed by atoms with Crippen LogP contribution in [0.25, 0.3) is 0 Å². The number of hydrogen-bond donors (Lipinski definition) is 1. The second kappa shape index (κ2) is 5.82. The highest BCUT2D eigenvalue weighted by molar-refractivity contribution is 7.90. The molecule has 0 bridgehead atoms. The summed E-state index contributed by atoms with van der Waals surface area (Å²) in [6.45, 7) is 1.26. The van der Waals surface area contributed by atoms with Gasteiger partial charge in [-0.25, -0.2) is 8.42 Å². The first kappa shape index (κ1) is 12.1. The van der Waals surface area contributed by atoms with Crippen LogP contribution in [-0.2, 0) is 16.3 Å². The van der Waals surface area contributed by atoms with Crippen molar-refractivity contribution in [2.24, 2.45) is 0 Å². The molecule has 1 rings (SSSR count). The molecule has 1 N–H and O–H groups in total. The van der Waals surface area contributed by atoms with Gasteiger partial charge in [0.1, 0.15) is 9.84 Å². The second-order valence-corrected chi connectivity index (χ2v) is 5.71. The highest BCUT2D eigenvalue weighted by Crippen LogP contribution is 1.92. The van der Waals surface area contributed by atoms with Crippen molar-refractivity contribution in [3.63, 3.8) is 0 Å². The number of nitrogens with zero attached hydrogens (tertiary/aromatic N) is 1. The van der Waals surface area contributed by atoms with Gasteiger partial charge in [0.2, 0.25) is 0 Å². The highest BCUT2D eigenvalue weighted by Gasteiger charge is 2.00. The number of pyridine rings is 1. The van der Waals surface area contributed by atoms with Gasteiger partial charge in [-0.3, -0.25) is 4.98 Å². The van der Waals surface area contributed by atoms with Crippen LogP contribution in [0.4, 0.5) is 0 Å². The van der Waals surface area contributed by atoms with Crippen LogP contribution in [0.1, 0.15) is 5.69 Å². The van der Waals surface area contributed by atoms with E-state index in [0.29, 0.717) is 6.54 Å². The molecule has 0 aliphatic rings. The summed E-state index contributed by atoms with van der Waals surface area (Å²) in [5.74, 6) is 0.190. The molecule has 1 aromatic rings. The first-order valence-electron chi connectivity index (χ1n) is 4.86. The van der Waals surface area contributed by atoms with Crippen molar-refractivity contribution in [2.45, 2.75) is 6.42 Å². The molecule has 0 unspecified atom stereocenters. The van der Waals surface area contributed by atoms with Gasteiger partial charge in [-0.15, -0.1) is 0 Å². The number of hydrogen-bond acceptors (Lipinski definition) is 4. The third kappa shape index (κ3) is 6.19. The molecule has 1 heterocycles. The van der Waals surface area contributed by atoms with Gasteiger partial charge < -0.3 is 5.32 Å². The Morgan fingerprint density at radius 2 is 2.13 bits per heavy atom. The van der Waals surface area contributed by atoms with Crippen molar-refractivity contribution in [1.29, 1.82) is 0 Å². The molecule has 0 fully saturated rings. The standard InChI is InChI=1S/C10H16N2O2S/c1-15(13,14)9-8-11-7-5-10-4-2-3-6-12-10/h2-4,6,11H,5,7-9H2,1H3. The lowest BCUT2D eigenvalue weighted by atomic mass is 10.3. The van der Waals surface area contributed by atoms with Crippen LogP contribution in [0.15, 0.2) is 24.4 Å². The van der Waals surface area contributed by atoms with Crippen LogP contribution in [0.5, 0.6) is 0 Å². The van der Waals surface area contributed by atoms with Crippen LogP contribution in [0.2, 0.25) is 0 Å². The molecule has 0 radical (unpaired) electrons. The number of aromatic nitrogens is 1. The van der Waals surface area contributed by atoms with Crippen molar-refractivity contribution < 1.29 is 8.42 Å². The Labute approximate surface area is 90.7 Å². The predicted octanol–water partition coefficient (Wildman–Crippen LogP) is 0.258. The van der Waals surface area contributed by atoms with E-state index in [4.69, 9.17) is 0 Å². The lowest BCUT2D eigenvalue weighted by molar-refractivity contribution is 0.596. The topological polar surface area (TPSA) is 59.1 Å². The maximum atomic E-state index is 10.8. The van der Waals surface area contributed by atoms with Crippen LogP contribution >= 0.6 is 0 Å². The summed E-state index contributed by atoms with van der Waals surface area (Å²) in [5, 5.41) is 3.07. The Kier molecular flexibility index (Phi) is 4.71. The minimum absolute atomic E-state index is 0.190. The van der Waals surface area contributed by atoms with E-state index in [1.807, 2.05) is 18.2 Å². The number of sulfone groups is 1. The maximum Gasteiger partial charge on any atom is 0.148 e. The van der Waals surface area contributed by atoms with Gasteiger partial charge in [0.25, 0.3) is 0 Å². The minimum Gasteiger partial charge on any atom is -0.315 e. The molecule has 4 nitrogen and oxygen atoms in total. The Bertz CT molecular complexity index is 376.